The first-order valence-corrected chi connectivity index (χ1v) is 21.3. The van der Waals surface area contributed by atoms with E-state index in [0.717, 1.165) is 33.4 Å². The molecule has 0 saturated heterocycles. The average molecular weight is 647 g/mol. The predicted octanol–water partition coefficient (Wildman–Crippen LogP) is 10.0. The standard InChI is InChI=1S/C40H40O4P2/c1-45(2,29-37(31-19-9-5-10-20-31)32-21-11-6-12-22-32)43-39(41)35-27-17-18-28-36(35)40(42)44-46(3,4)30-38(33-23-13-7-14-24-33)34-25-15-8-16-26-34/h5-30,45-46H,1-4H3. The molecule has 0 N–H and O–H groups in total. The molecule has 0 aliphatic carbocycles. The first-order valence-electron chi connectivity index (χ1n) is 15.3. The normalized spacial score (nSPS) is 11.9. The molecule has 0 fully saturated rings. The third kappa shape index (κ3) is 8.55. The summed E-state index contributed by atoms with van der Waals surface area (Å²) in [4.78, 5) is 27.5. The van der Waals surface area contributed by atoms with Crippen LogP contribution in [0.3, 0.4) is 0 Å². The van der Waals surface area contributed by atoms with Crippen LogP contribution in [0, 0.1) is 0 Å². The van der Waals surface area contributed by atoms with Crippen LogP contribution in [0.15, 0.2) is 157 Å². The summed E-state index contributed by atoms with van der Waals surface area (Å²) in [6.07, 6.45) is 0. The van der Waals surface area contributed by atoms with Crippen LogP contribution >= 0.6 is 15.0 Å². The van der Waals surface area contributed by atoms with E-state index in [4.69, 9.17) is 9.05 Å². The Morgan fingerprint density at radius 3 is 0.913 bits per heavy atom. The van der Waals surface area contributed by atoms with Crippen LogP contribution in [0.2, 0.25) is 0 Å². The Balaban J connectivity index is 1.41. The number of carbonyl (C=O) groups excluding carboxylic acids is 2. The van der Waals surface area contributed by atoms with E-state index < -0.39 is 26.9 Å². The fourth-order valence-corrected chi connectivity index (χ4v) is 8.67. The number of hydrogen-bond acceptors (Lipinski definition) is 4. The second-order valence-electron chi connectivity index (χ2n) is 12.1. The molecule has 0 amide bonds. The van der Waals surface area contributed by atoms with Crippen LogP contribution in [-0.4, -0.2) is 38.6 Å². The molecule has 6 heteroatoms. The van der Waals surface area contributed by atoms with Gasteiger partial charge < -0.3 is 0 Å². The van der Waals surface area contributed by atoms with Crippen molar-refractivity contribution in [2.24, 2.45) is 0 Å². The molecule has 5 aromatic carbocycles. The SMILES string of the molecule is C[PH](C)(C=C(c1ccccc1)c1ccccc1)OC(=O)c1ccccc1C(=O)O[PH](C)(C)C=C(c1ccccc1)c1ccccc1. The second-order valence-corrected chi connectivity index (χ2v) is 19.5. The minimum absolute atomic E-state index is 0.197. The molecule has 0 aliphatic rings. The van der Waals surface area contributed by atoms with Gasteiger partial charge in [0.15, 0.2) is 0 Å². The molecule has 0 bridgehead atoms. The van der Waals surface area contributed by atoms with E-state index in [2.05, 4.69) is 60.2 Å². The van der Waals surface area contributed by atoms with Gasteiger partial charge in [-0.05, 0) is 0 Å². The molecule has 0 aliphatic heterocycles. The van der Waals surface area contributed by atoms with Crippen molar-refractivity contribution in [2.45, 2.75) is 0 Å². The van der Waals surface area contributed by atoms with E-state index in [1.54, 1.807) is 24.3 Å². The molecule has 46 heavy (non-hydrogen) atoms. The van der Waals surface area contributed by atoms with E-state index in [-0.39, 0.29) is 11.1 Å². The molecule has 0 unspecified atom stereocenters. The van der Waals surface area contributed by atoms with Crippen LogP contribution in [0.5, 0.6) is 0 Å². The summed E-state index contributed by atoms with van der Waals surface area (Å²) >= 11 is 0. The van der Waals surface area contributed by atoms with Crippen molar-refractivity contribution in [3.8, 4) is 0 Å². The summed E-state index contributed by atoms with van der Waals surface area (Å²) in [6, 6.07) is 47.1. The van der Waals surface area contributed by atoms with Crippen LogP contribution in [0.25, 0.3) is 11.1 Å². The van der Waals surface area contributed by atoms with Gasteiger partial charge in [-0.15, -0.1) is 0 Å². The van der Waals surface area contributed by atoms with Gasteiger partial charge in [0.1, 0.15) is 0 Å². The number of hydrogen-bond donors (Lipinski definition) is 0. The van der Waals surface area contributed by atoms with Crippen molar-refractivity contribution in [1.82, 2.24) is 0 Å². The van der Waals surface area contributed by atoms with E-state index in [9.17, 15) is 9.59 Å². The zero-order valence-electron chi connectivity index (χ0n) is 26.6. The quantitative estimate of drug-likeness (QED) is 0.142. The van der Waals surface area contributed by atoms with Crippen LogP contribution in [0.4, 0.5) is 0 Å². The Morgan fingerprint density at radius 2 is 0.652 bits per heavy atom. The third-order valence-corrected chi connectivity index (χ3v) is 10.8. The Hall–Kier alpha value is -4.62. The first-order chi connectivity index (χ1) is 22.1. The van der Waals surface area contributed by atoms with Crippen molar-refractivity contribution in [3.05, 3.63) is 191 Å². The summed E-state index contributed by atoms with van der Waals surface area (Å²) < 4.78 is 12.4. The van der Waals surface area contributed by atoms with Crippen LogP contribution in [-0.2, 0) is 9.05 Å². The Morgan fingerprint density at radius 1 is 0.413 bits per heavy atom. The topological polar surface area (TPSA) is 52.6 Å². The Kier molecular flexibility index (Phi) is 10.4. The average Bonchev–Trinajstić information content (AvgIpc) is 3.07. The molecule has 0 radical (unpaired) electrons. The van der Waals surface area contributed by atoms with Gasteiger partial charge in [-0.3, -0.25) is 0 Å². The molecule has 234 valence electrons. The maximum atomic E-state index is 13.7. The zero-order chi connectivity index (χ0) is 32.6. The Labute approximate surface area is 273 Å². The van der Waals surface area contributed by atoms with E-state index in [1.807, 2.05) is 99.5 Å². The molecule has 0 spiro atoms. The Bertz CT molecular complexity index is 1630. The van der Waals surface area contributed by atoms with Crippen LogP contribution < -0.4 is 0 Å². The second kappa shape index (κ2) is 14.6. The molecule has 0 saturated carbocycles. The van der Waals surface area contributed by atoms with Crippen molar-refractivity contribution in [1.29, 1.82) is 0 Å². The van der Waals surface area contributed by atoms with Gasteiger partial charge in [0, 0.05) is 0 Å². The van der Waals surface area contributed by atoms with Crippen molar-refractivity contribution >= 4 is 38.1 Å². The van der Waals surface area contributed by atoms with Gasteiger partial charge in [0.2, 0.25) is 0 Å². The van der Waals surface area contributed by atoms with Gasteiger partial charge in [-0.1, -0.05) is 0 Å². The van der Waals surface area contributed by atoms with E-state index >= 15 is 0 Å². The summed E-state index contributed by atoms with van der Waals surface area (Å²) in [5, 5.41) is 0. The fourth-order valence-electron chi connectivity index (χ4n) is 5.32. The number of rotatable bonds is 10. The molecule has 0 atom stereocenters. The zero-order valence-corrected chi connectivity index (χ0v) is 28.6. The summed E-state index contributed by atoms with van der Waals surface area (Å²) in [6.45, 7) is 7.92. The van der Waals surface area contributed by atoms with Crippen molar-refractivity contribution < 1.29 is 18.6 Å². The maximum absolute atomic E-state index is 13.7. The van der Waals surface area contributed by atoms with Crippen molar-refractivity contribution in [2.75, 3.05) is 26.7 Å². The third-order valence-electron chi connectivity index (χ3n) is 7.40. The fraction of sp³-hybridized carbons (Fsp3) is 0.100. The van der Waals surface area contributed by atoms with E-state index in [1.165, 1.54) is 0 Å². The van der Waals surface area contributed by atoms with Gasteiger partial charge in [-0.25, -0.2) is 0 Å². The van der Waals surface area contributed by atoms with Crippen LogP contribution in [0.1, 0.15) is 43.0 Å². The molecular formula is C40H40O4P2. The monoisotopic (exact) mass is 646 g/mol. The molecule has 0 aromatic heterocycles. The molecule has 5 rings (SSSR count). The van der Waals surface area contributed by atoms with Gasteiger partial charge >= 0.3 is 274 Å². The van der Waals surface area contributed by atoms with Gasteiger partial charge in [-0.2, -0.15) is 0 Å². The number of benzene rings is 5. The summed E-state index contributed by atoms with van der Waals surface area (Å²) in [5.74, 6) is 3.10. The minimum atomic E-state index is -2.74. The molecule has 4 nitrogen and oxygen atoms in total. The molecule has 0 heterocycles. The predicted molar refractivity (Wildman–Crippen MR) is 198 cm³/mol. The van der Waals surface area contributed by atoms with Gasteiger partial charge in [0.05, 0.1) is 0 Å². The number of carbonyl (C=O) groups is 2. The molecular weight excluding hydrogens is 606 g/mol. The van der Waals surface area contributed by atoms with Gasteiger partial charge in [0.25, 0.3) is 0 Å². The molecule has 5 aromatic rings. The summed E-state index contributed by atoms with van der Waals surface area (Å²) in [7, 11) is -5.49. The van der Waals surface area contributed by atoms with E-state index in [0.29, 0.717) is 0 Å². The first kappa shape index (κ1) is 32.8. The summed E-state index contributed by atoms with van der Waals surface area (Å²) in [5.41, 5.74) is 6.57. The van der Waals surface area contributed by atoms with Crippen molar-refractivity contribution in [3.63, 3.8) is 0 Å².